The molecule has 0 amide bonds. The van der Waals surface area contributed by atoms with Crippen LogP contribution in [0.25, 0.3) is 0 Å². The van der Waals surface area contributed by atoms with E-state index in [4.69, 9.17) is 32.7 Å². The van der Waals surface area contributed by atoms with Crippen LogP contribution >= 0.6 is 55.1 Å². The second-order valence-electron chi connectivity index (χ2n) is 7.75. The highest BCUT2D eigenvalue weighted by atomic mass is 79.9. The molecule has 4 nitrogen and oxygen atoms in total. The van der Waals surface area contributed by atoms with Crippen LogP contribution in [0.15, 0.2) is 33.2 Å². The second kappa shape index (κ2) is 11.8. The van der Waals surface area contributed by atoms with Crippen molar-refractivity contribution >= 4 is 64.9 Å². The van der Waals surface area contributed by atoms with Crippen molar-refractivity contribution in [2.75, 3.05) is 0 Å². The summed E-state index contributed by atoms with van der Waals surface area (Å²) in [5.41, 5.74) is 2.59. The fraction of sp³-hybridized carbons (Fsp3) is 0.455. The Bertz CT molecular complexity index is 949. The molecule has 31 heavy (non-hydrogen) atoms. The summed E-state index contributed by atoms with van der Waals surface area (Å²) < 4.78 is 39.1. The molecule has 2 aromatic rings. The molecule has 0 spiro atoms. The smallest absolute Gasteiger partial charge is 0.158 e. The molecule has 0 atom stereocenters. The topological polar surface area (TPSA) is 52.6 Å². The Morgan fingerprint density at radius 2 is 1.13 bits per heavy atom. The van der Waals surface area contributed by atoms with E-state index in [0.29, 0.717) is 41.2 Å². The highest BCUT2D eigenvalue weighted by molar-refractivity contribution is 9.10. The van der Waals surface area contributed by atoms with Crippen molar-refractivity contribution in [3.63, 3.8) is 0 Å². The molecule has 0 aliphatic rings. The van der Waals surface area contributed by atoms with Crippen LogP contribution in [-0.4, -0.2) is 20.6 Å². The molecule has 0 radical (unpaired) electrons. The summed E-state index contributed by atoms with van der Waals surface area (Å²) in [6, 6.07) is 7.04. The molecule has 0 aromatic heterocycles. The first-order valence-corrected chi connectivity index (χ1v) is 13.9. The molecule has 0 N–H and O–H groups in total. The van der Waals surface area contributed by atoms with Crippen LogP contribution in [0.1, 0.15) is 49.9 Å². The van der Waals surface area contributed by atoms with Gasteiger partial charge in [0.05, 0.1) is 47.0 Å². The van der Waals surface area contributed by atoms with E-state index in [-0.39, 0.29) is 36.9 Å². The molecule has 0 aliphatic heterocycles. The van der Waals surface area contributed by atoms with Gasteiger partial charge in [0, 0.05) is 20.1 Å². The fourth-order valence-corrected chi connectivity index (χ4v) is 5.68. The SMILES string of the molecule is CC(C)OCc1c(CS(=O)(=O)Cc2ccc(Br)c(Cl)c2COC(C)C)ccc(Br)c1Cl. The van der Waals surface area contributed by atoms with E-state index in [9.17, 15) is 8.42 Å². The molecule has 0 saturated heterocycles. The quantitative estimate of drug-likeness (QED) is 0.278. The minimum Gasteiger partial charge on any atom is -0.374 e. The minimum atomic E-state index is -3.53. The van der Waals surface area contributed by atoms with Crippen LogP contribution in [0.2, 0.25) is 10.0 Å². The highest BCUT2D eigenvalue weighted by Crippen LogP contribution is 2.33. The maximum Gasteiger partial charge on any atom is 0.158 e. The van der Waals surface area contributed by atoms with Gasteiger partial charge in [-0.3, -0.25) is 0 Å². The van der Waals surface area contributed by atoms with Gasteiger partial charge in [-0.25, -0.2) is 8.42 Å². The standard InChI is InChI=1S/C22H26Br2Cl2O4S/c1-13(2)29-9-17-15(5-7-19(23)21(17)25)11-31(27,28)12-16-6-8-20(24)22(26)18(16)10-30-14(3)4/h5-8,13-14H,9-12H2,1-4H3. The lowest BCUT2D eigenvalue weighted by atomic mass is 10.1. The average molecular weight is 617 g/mol. The van der Waals surface area contributed by atoms with Gasteiger partial charge in [-0.15, -0.1) is 0 Å². The Kier molecular flexibility index (Phi) is 10.3. The van der Waals surface area contributed by atoms with E-state index in [1.54, 1.807) is 24.3 Å². The van der Waals surface area contributed by atoms with Gasteiger partial charge in [0.25, 0.3) is 0 Å². The fourth-order valence-electron chi connectivity index (χ4n) is 2.87. The Morgan fingerprint density at radius 1 is 0.774 bits per heavy atom. The van der Waals surface area contributed by atoms with Crippen molar-refractivity contribution in [3.05, 3.63) is 65.5 Å². The van der Waals surface area contributed by atoms with E-state index in [2.05, 4.69) is 31.9 Å². The lowest BCUT2D eigenvalue weighted by molar-refractivity contribution is 0.0652. The van der Waals surface area contributed by atoms with E-state index < -0.39 is 9.84 Å². The summed E-state index contributed by atoms with van der Waals surface area (Å²) in [5.74, 6) is -0.316. The van der Waals surface area contributed by atoms with Crippen LogP contribution in [0.5, 0.6) is 0 Å². The van der Waals surface area contributed by atoms with Crippen molar-refractivity contribution in [3.8, 4) is 0 Å². The Balaban J connectivity index is 2.35. The molecule has 2 aromatic carbocycles. The lowest BCUT2D eigenvalue weighted by Crippen LogP contribution is -2.13. The summed E-state index contributed by atoms with van der Waals surface area (Å²) >= 11 is 19.7. The normalized spacial score (nSPS) is 12.2. The molecule has 9 heteroatoms. The van der Waals surface area contributed by atoms with Gasteiger partial charge in [0.2, 0.25) is 0 Å². The van der Waals surface area contributed by atoms with Crippen LogP contribution in [0.3, 0.4) is 0 Å². The third-order valence-electron chi connectivity index (χ3n) is 4.46. The maximum atomic E-state index is 13.2. The predicted octanol–water partition coefficient (Wildman–Crippen LogP) is 7.48. The third-order valence-corrected chi connectivity index (χ3v) is 8.60. The summed E-state index contributed by atoms with van der Waals surface area (Å²) in [4.78, 5) is 0. The van der Waals surface area contributed by atoms with Gasteiger partial charge in [-0.1, -0.05) is 35.3 Å². The van der Waals surface area contributed by atoms with Crippen molar-refractivity contribution in [1.29, 1.82) is 0 Å². The van der Waals surface area contributed by atoms with Gasteiger partial charge in [-0.05, 0) is 82.8 Å². The van der Waals surface area contributed by atoms with Crippen molar-refractivity contribution in [2.45, 2.75) is 64.6 Å². The summed E-state index contributed by atoms with van der Waals surface area (Å²) in [5, 5.41) is 0.928. The Labute approximate surface area is 211 Å². The molecule has 0 heterocycles. The number of hydrogen-bond donors (Lipinski definition) is 0. The minimum absolute atomic E-state index is 0.00655. The molecule has 0 aliphatic carbocycles. The first-order chi connectivity index (χ1) is 14.4. The third kappa shape index (κ3) is 7.98. The zero-order valence-corrected chi connectivity index (χ0v) is 23.3. The van der Waals surface area contributed by atoms with Gasteiger partial charge >= 0.3 is 0 Å². The first kappa shape index (κ1) is 27.1. The van der Waals surface area contributed by atoms with Crippen molar-refractivity contribution in [2.24, 2.45) is 0 Å². The molecular weight excluding hydrogens is 591 g/mol. The Hall–Kier alpha value is -0.150. The second-order valence-corrected chi connectivity index (χ2v) is 12.3. The number of halogens is 4. The predicted molar refractivity (Wildman–Crippen MR) is 134 cm³/mol. The van der Waals surface area contributed by atoms with Gasteiger partial charge in [0.1, 0.15) is 0 Å². The van der Waals surface area contributed by atoms with Crippen LogP contribution in [0, 0.1) is 0 Å². The lowest BCUT2D eigenvalue weighted by Gasteiger charge is -2.17. The summed E-state index contributed by atoms with van der Waals surface area (Å²) in [6.45, 7) is 8.14. The number of ether oxygens (including phenoxy) is 2. The molecule has 0 bridgehead atoms. The van der Waals surface area contributed by atoms with E-state index in [0.717, 1.165) is 0 Å². The number of rotatable bonds is 10. The van der Waals surface area contributed by atoms with Crippen LogP contribution < -0.4 is 0 Å². The zero-order valence-electron chi connectivity index (χ0n) is 17.8. The van der Waals surface area contributed by atoms with E-state index in [1.807, 2.05) is 27.7 Å². The maximum absolute atomic E-state index is 13.2. The van der Waals surface area contributed by atoms with Crippen molar-refractivity contribution < 1.29 is 17.9 Å². The van der Waals surface area contributed by atoms with Crippen molar-refractivity contribution in [1.82, 2.24) is 0 Å². The molecular formula is C22H26Br2Cl2O4S. The molecule has 0 fully saturated rings. The number of sulfone groups is 1. The largest absolute Gasteiger partial charge is 0.374 e. The Morgan fingerprint density at radius 3 is 1.45 bits per heavy atom. The van der Waals surface area contributed by atoms with E-state index in [1.165, 1.54) is 0 Å². The molecule has 2 rings (SSSR count). The highest BCUT2D eigenvalue weighted by Gasteiger charge is 2.22. The van der Waals surface area contributed by atoms with Crippen LogP contribution in [0.4, 0.5) is 0 Å². The van der Waals surface area contributed by atoms with Gasteiger partial charge < -0.3 is 9.47 Å². The molecule has 172 valence electrons. The van der Waals surface area contributed by atoms with Gasteiger partial charge in [0.15, 0.2) is 9.84 Å². The average Bonchev–Trinajstić information content (AvgIpc) is 2.66. The summed E-state index contributed by atoms with van der Waals surface area (Å²) in [7, 11) is -3.53. The zero-order chi connectivity index (χ0) is 23.3. The number of benzene rings is 2. The monoisotopic (exact) mass is 614 g/mol. The molecule has 0 saturated carbocycles. The summed E-state index contributed by atoms with van der Waals surface area (Å²) in [6.07, 6.45) is -0.0131. The number of hydrogen-bond acceptors (Lipinski definition) is 4. The molecule has 0 unspecified atom stereocenters. The van der Waals surface area contributed by atoms with E-state index >= 15 is 0 Å². The first-order valence-electron chi connectivity index (χ1n) is 9.76. The van der Waals surface area contributed by atoms with Gasteiger partial charge in [-0.2, -0.15) is 0 Å². The van der Waals surface area contributed by atoms with Crippen LogP contribution in [-0.2, 0) is 44.0 Å².